The van der Waals surface area contributed by atoms with Crippen molar-refractivity contribution < 1.29 is 0 Å². The molecule has 3 aromatic heterocycles. The number of nitrogen functional groups attached to an aromatic ring is 1. The SMILES string of the molecule is CCCc1cc2c(c(N)n1)c(-c1ccccn1)nn2C(c1ccccc1)(c1ccccc1)c1ccccc1. The summed E-state index contributed by atoms with van der Waals surface area (Å²) in [5.41, 5.74) is 12.6. The van der Waals surface area contributed by atoms with Crippen LogP contribution in [0.15, 0.2) is 121 Å². The van der Waals surface area contributed by atoms with E-state index in [0.717, 1.165) is 57.5 Å². The van der Waals surface area contributed by atoms with Crippen LogP contribution in [-0.2, 0) is 12.0 Å². The van der Waals surface area contributed by atoms with Gasteiger partial charge in [-0.2, -0.15) is 5.10 Å². The highest BCUT2D eigenvalue weighted by molar-refractivity contribution is 6.00. The van der Waals surface area contributed by atoms with Crippen LogP contribution in [-0.4, -0.2) is 19.7 Å². The Labute approximate surface area is 222 Å². The third-order valence-electron chi connectivity index (χ3n) is 7.05. The fourth-order valence-electron chi connectivity index (χ4n) is 5.44. The van der Waals surface area contributed by atoms with E-state index in [4.69, 9.17) is 15.8 Å². The van der Waals surface area contributed by atoms with Gasteiger partial charge in [-0.05, 0) is 41.3 Å². The fraction of sp³-hybridized carbons (Fsp3) is 0.121. The summed E-state index contributed by atoms with van der Waals surface area (Å²) in [6.45, 7) is 2.15. The van der Waals surface area contributed by atoms with Gasteiger partial charge in [-0.3, -0.25) is 4.98 Å². The van der Waals surface area contributed by atoms with Crippen LogP contribution in [0.2, 0.25) is 0 Å². The Morgan fingerprint density at radius 3 is 1.79 bits per heavy atom. The molecule has 0 bridgehead atoms. The molecular weight excluding hydrogens is 466 g/mol. The van der Waals surface area contributed by atoms with Gasteiger partial charge in [-0.15, -0.1) is 0 Å². The Morgan fingerprint density at radius 1 is 0.737 bits per heavy atom. The molecule has 0 aliphatic carbocycles. The van der Waals surface area contributed by atoms with Crippen molar-refractivity contribution in [1.82, 2.24) is 19.7 Å². The number of nitrogens with zero attached hydrogens (tertiary/aromatic N) is 4. The zero-order valence-corrected chi connectivity index (χ0v) is 21.3. The van der Waals surface area contributed by atoms with Crippen molar-refractivity contribution in [2.24, 2.45) is 0 Å². The lowest BCUT2D eigenvalue weighted by molar-refractivity contribution is 0.477. The summed E-state index contributed by atoms with van der Waals surface area (Å²) in [5.74, 6) is 0.473. The minimum absolute atomic E-state index is 0.473. The molecule has 0 radical (unpaired) electrons. The smallest absolute Gasteiger partial charge is 0.138 e. The standard InChI is InChI=1S/C33H29N5/c1-2-14-27-23-29-30(32(34)36-27)31(28-21-12-13-22-35-28)37-38(29)33(24-15-6-3-7-16-24,25-17-8-4-9-18-25)26-19-10-5-11-20-26/h3-13,15-23H,2,14H2,1H3,(H2,34,36). The molecule has 0 amide bonds. The number of pyridine rings is 2. The topological polar surface area (TPSA) is 69.6 Å². The van der Waals surface area contributed by atoms with E-state index < -0.39 is 5.54 Å². The zero-order chi connectivity index (χ0) is 26.0. The molecular formula is C33H29N5. The van der Waals surface area contributed by atoms with E-state index in [1.54, 1.807) is 6.20 Å². The van der Waals surface area contributed by atoms with E-state index in [2.05, 4.69) is 95.5 Å². The minimum atomic E-state index is -0.771. The molecule has 3 heterocycles. The van der Waals surface area contributed by atoms with Gasteiger partial charge in [0.25, 0.3) is 0 Å². The van der Waals surface area contributed by atoms with E-state index >= 15 is 0 Å². The van der Waals surface area contributed by atoms with Crippen LogP contribution in [0.1, 0.15) is 35.7 Å². The highest BCUT2D eigenvalue weighted by Gasteiger charge is 2.41. The Bertz CT molecular complexity index is 1560. The van der Waals surface area contributed by atoms with Crippen LogP contribution in [0.3, 0.4) is 0 Å². The first-order valence-electron chi connectivity index (χ1n) is 13.0. The van der Waals surface area contributed by atoms with Crippen molar-refractivity contribution in [2.45, 2.75) is 25.3 Å². The van der Waals surface area contributed by atoms with Crippen LogP contribution >= 0.6 is 0 Å². The summed E-state index contributed by atoms with van der Waals surface area (Å²) in [5, 5.41) is 6.17. The second-order valence-corrected chi connectivity index (χ2v) is 9.43. The van der Waals surface area contributed by atoms with Crippen molar-refractivity contribution in [3.05, 3.63) is 144 Å². The molecule has 0 fully saturated rings. The van der Waals surface area contributed by atoms with Crippen molar-refractivity contribution in [3.8, 4) is 11.4 Å². The summed E-state index contributed by atoms with van der Waals surface area (Å²) in [7, 11) is 0. The van der Waals surface area contributed by atoms with Gasteiger partial charge in [0.2, 0.25) is 0 Å². The Balaban J connectivity index is 1.82. The van der Waals surface area contributed by atoms with E-state index in [0.29, 0.717) is 5.82 Å². The average Bonchev–Trinajstić information content (AvgIpc) is 3.36. The molecule has 0 aliphatic heterocycles. The second-order valence-electron chi connectivity index (χ2n) is 9.43. The van der Waals surface area contributed by atoms with Gasteiger partial charge in [0.15, 0.2) is 0 Å². The number of aromatic nitrogens is 4. The third-order valence-corrected chi connectivity index (χ3v) is 7.05. The molecule has 2 N–H and O–H groups in total. The first kappa shape index (κ1) is 23.6. The second kappa shape index (κ2) is 9.94. The summed E-state index contributed by atoms with van der Waals surface area (Å²) >= 11 is 0. The van der Waals surface area contributed by atoms with Gasteiger partial charge >= 0.3 is 0 Å². The third kappa shape index (κ3) is 3.84. The first-order chi connectivity index (χ1) is 18.7. The van der Waals surface area contributed by atoms with Crippen LogP contribution in [0.4, 0.5) is 5.82 Å². The van der Waals surface area contributed by atoms with Gasteiger partial charge in [0, 0.05) is 11.9 Å². The first-order valence-corrected chi connectivity index (χ1v) is 13.0. The normalized spacial score (nSPS) is 11.6. The summed E-state index contributed by atoms with van der Waals surface area (Å²) in [6, 6.07) is 39.7. The van der Waals surface area contributed by atoms with Crippen LogP contribution in [0.25, 0.3) is 22.3 Å². The molecule has 6 aromatic rings. The monoisotopic (exact) mass is 495 g/mol. The molecule has 186 valence electrons. The Kier molecular flexibility index (Phi) is 6.18. The lowest BCUT2D eigenvalue weighted by atomic mass is 9.77. The molecule has 0 spiro atoms. The van der Waals surface area contributed by atoms with Crippen molar-refractivity contribution >= 4 is 16.7 Å². The molecule has 6 rings (SSSR count). The largest absolute Gasteiger partial charge is 0.383 e. The zero-order valence-electron chi connectivity index (χ0n) is 21.3. The number of rotatable bonds is 7. The minimum Gasteiger partial charge on any atom is -0.383 e. The lowest BCUT2D eigenvalue weighted by Gasteiger charge is -2.37. The number of fused-ring (bicyclic) bond motifs is 1. The molecule has 0 saturated carbocycles. The number of hydrogen-bond acceptors (Lipinski definition) is 4. The van der Waals surface area contributed by atoms with Gasteiger partial charge in [0.1, 0.15) is 17.1 Å². The Morgan fingerprint density at radius 2 is 1.29 bits per heavy atom. The van der Waals surface area contributed by atoms with Gasteiger partial charge in [-0.1, -0.05) is 110 Å². The quantitative estimate of drug-likeness (QED) is 0.245. The number of hydrogen-bond donors (Lipinski definition) is 1. The molecule has 0 unspecified atom stereocenters. The maximum absolute atomic E-state index is 6.71. The van der Waals surface area contributed by atoms with E-state index in [-0.39, 0.29) is 0 Å². The van der Waals surface area contributed by atoms with Crippen LogP contribution in [0.5, 0.6) is 0 Å². The van der Waals surface area contributed by atoms with Crippen molar-refractivity contribution in [2.75, 3.05) is 5.73 Å². The number of nitrogens with two attached hydrogens (primary N) is 1. The molecule has 0 aliphatic rings. The fourth-order valence-corrected chi connectivity index (χ4v) is 5.44. The lowest BCUT2D eigenvalue weighted by Crippen LogP contribution is -2.38. The predicted molar refractivity (Wildman–Crippen MR) is 154 cm³/mol. The maximum Gasteiger partial charge on any atom is 0.138 e. The van der Waals surface area contributed by atoms with E-state index in [1.807, 2.05) is 36.4 Å². The van der Waals surface area contributed by atoms with Gasteiger partial charge in [0.05, 0.1) is 16.6 Å². The Hall–Kier alpha value is -4.77. The predicted octanol–water partition coefficient (Wildman–Crippen LogP) is 6.87. The highest BCUT2D eigenvalue weighted by atomic mass is 15.3. The van der Waals surface area contributed by atoms with E-state index in [9.17, 15) is 0 Å². The molecule has 5 heteroatoms. The summed E-state index contributed by atoms with van der Waals surface area (Å²) in [6.07, 6.45) is 3.59. The number of aryl methyl sites for hydroxylation is 1. The summed E-state index contributed by atoms with van der Waals surface area (Å²) < 4.78 is 2.14. The van der Waals surface area contributed by atoms with Crippen molar-refractivity contribution in [3.63, 3.8) is 0 Å². The molecule has 0 atom stereocenters. The van der Waals surface area contributed by atoms with Crippen molar-refractivity contribution in [1.29, 1.82) is 0 Å². The molecule has 0 saturated heterocycles. The average molecular weight is 496 g/mol. The maximum atomic E-state index is 6.71. The summed E-state index contributed by atoms with van der Waals surface area (Å²) in [4.78, 5) is 9.44. The van der Waals surface area contributed by atoms with Gasteiger partial charge < -0.3 is 5.73 Å². The van der Waals surface area contributed by atoms with Crippen LogP contribution in [0, 0.1) is 0 Å². The van der Waals surface area contributed by atoms with Gasteiger partial charge in [-0.25, -0.2) is 9.67 Å². The van der Waals surface area contributed by atoms with E-state index in [1.165, 1.54) is 0 Å². The highest BCUT2D eigenvalue weighted by Crippen LogP contribution is 2.44. The molecule has 5 nitrogen and oxygen atoms in total. The number of anilines is 1. The number of benzene rings is 3. The molecule has 3 aromatic carbocycles. The van der Waals surface area contributed by atoms with Crippen LogP contribution < -0.4 is 5.73 Å². The molecule has 38 heavy (non-hydrogen) atoms.